The third-order valence-electron chi connectivity index (χ3n) is 1.69. The van der Waals surface area contributed by atoms with Crippen molar-refractivity contribution in [2.45, 2.75) is 52.6 Å². The van der Waals surface area contributed by atoms with Crippen LogP contribution in [0.4, 0.5) is 0 Å². The molecule has 0 aromatic heterocycles. The van der Waals surface area contributed by atoms with Gasteiger partial charge in [0, 0.05) is 21.7 Å². The fourth-order valence-electron chi connectivity index (χ4n) is 0.645. The Kier molecular flexibility index (Phi) is 10.3. The predicted octanol–water partition coefficient (Wildman–Crippen LogP) is 2.95. The van der Waals surface area contributed by atoms with Gasteiger partial charge in [0.25, 0.3) is 0 Å². The molecule has 0 radical (unpaired) electrons. The van der Waals surface area contributed by atoms with Crippen molar-refractivity contribution >= 4 is 0 Å². The van der Waals surface area contributed by atoms with Gasteiger partial charge >= 0.3 is 0 Å². The first kappa shape index (κ1) is 13.3. The van der Waals surface area contributed by atoms with Crippen molar-refractivity contribution in [2.24, 2.45) is 0 Å². The molecule has 60 valence electrons. The van der Waals surface area contributed by atoms with E-state index in [1.165, 1.54) is 12.8 Å². The van der Waals surface area contributed by atoms with Crippen LogP contribution in [0.5, 0.6) is 0 Å². The molecular formula is C8H18NTi-. The molecule has 0 aliphatic heterocycles. The van der Waals surface area contributed by atoms with Gasteiger partial charge in [0.2, 0.25) is 0 Å². The molecule has 0 bridgehead atoms. The van der Waals surface area contributed by atoms with Crippen LogP contribution in [-0.2, 0) is 21.7 Å². The molecule has 10 heavy (non-hydrogen) atoms. The zero-order valence-corrected chi connectivity index (χ0v) is 9.08. The van der Waals surface area contributed by atoms with Gasteiger partial charge in [-0.05, 0) is 0 Å². The topological polar surface area (TPSA) is 14.1 Å². The van der Waals surface area contributed by atoms with Crippen molar-refractivity contribution in [1.29, 1.82) is 0 Å². The summed E-state index contributed by atoms with van der Waals surface area (Å²) in [6.45, 7) is 8.70. The Morgan fingerprint density at radius 2 is 1.30 bits per heavy atom. The maximum absolute atomic E-state index is 4.51. The van der Waals surface area contributed by atoms with E-state index in [9.17, 15) is 0 Å². The Balaban J connectivity index is 0. The van der Waals surface area contributed by atoms with Gasteiger partial charge in [-0.1, -0.05) is 40.5 Å². The zero-order chi connectivity index (χ0) is 7.28. The third kappa shape index (κ3) is 6.79. The summed E-state index contributed by atoms with van der Waals surface area (Å²) in [6.07, 6.45) is 2.34. The molecule has 0 saturated heterocycles. The quantitative estimate of drug-likeness (QED) is 0.584. The minimum Gasteiger partial charge on any atom is -0.657 e. The summed E-state index contributed by atoms with van der Waals surface area (Å²) in [6, 6.07) is 1.11. The van der Waals surface area contributed by atoms with Crippen LogP contribution in [0.2, 0.25) is 0 Å². The molecule has 0 heterocycles. The molecule has 0 amide bonds. The van der Waals surface area contributed by atoms with E-state index in [4.69, 9.17) is 0 Å². The van der Waals surface area contributed by atoms with E-state index in [2.05, 4.69) is 33.0 Å². The molecule has 2 atom stereocenters. The van der Waals surface area contributed by atoms with Crippen molar-refractivity contribution < 1.29 is 21.7 Å². The molecule has 0 rings (SSSR count). The summed E-state index contributed by atoms with van der Waals surface area (Å²) in [5, 5.41) is 4.51. The van der Waals surface area contributed by atoms with Crippen molar-refractivity contribution in [3.05, 3.63) is 5.32 Å². The average molecular weight is 176 g/mol. The summed E-state index contributed by atoms with van der Waals surface area (Å²) in [7, 11) is 0. The fraction of sp³-hybridized carbons (Fsp3) is 1.00. The van der Waals surface area contributed by atoms with Crippen molar-refractivity contribution in [3.63, 3.8) is 0 Å². The Bertz CT molecular complexity index is 58.3. The molecule has 0 fully saturated rings. The fourth-order valence-corrected chi connectivity index (χ4v) is 0.645. The maximum Gasteiger partial charge on any atom is 0 e. The second-order valence-electron chi connectivity index (χ2n) is 2.66. The second-order valence-corrected chi connectivity index (χ2v) is 2.66. The van der Waals surface area contributed by atoms with E-state index in [1.54, 1.807) is 0 Å². The van der Waals surface area contributed by atoms with E-state index in [0.717, 1.165) is 0 Å². The molecule has 0 spiro atoms. The monoisotopic (exact) mass is 176 g/mol. The van der Waals surface area contributed by atoms with Crippen LogP contribution < -0.4 is 0 Å². The Labute approximate surface area is 79.8 Å². The van der Waals surface area contributed by atoms with Crippen LogP contribution >= 0.6 is 0 Å². The number of hydrogen-bond acceptors (Lipinski definition) is 0. The summed E-state index contributed by atoms with van der Waals surface area (Å²) in [5.41, 5.74) is 0. The first-order valence-electron chi connectivity index (χ1n) is 3.90. The van der Waals surface area contributed by atoms with Crippen LogP contribution in [-0.4, -0.2) is 12.1 Å². The average Bonchev–Trinajstić information content (AvgIpc) is 1.87. The Hall–Kier alpha value is 0.674. The summed E-state index contributed by atoms with van der Waals surface area (Å²) >= 11 is 0. The Morgan fingerprint density at radius 3 is 1.50 bits per heavy atom. The van der Waals surface area contributed by atoms with Gasteiger partial charge in [-0.25, -0.2) is 0 Å². The molecule has 2 unspecified atom stereocenters. The van der Waals surface area contributed by atoms with E-state index >= 15 is 0 Å². The molecule has 0 N–H and O–H groups in total. The molecule has 0 saturated carbocycles. The van der Waals surface area contributed by atoms with E-state index in [1.807, 2.05) is 0 Å². The van der Waals surface area contributed by atoms with Crippen LogP contribution in [0.25, 0.3) is 5.32 Å². The van der Waals surface area contributed by atoms with Gasteiger partial charge < -0.3 is 5.32 Å². The van der Waals surface area contributed by atoms with Gasteiger partial charge in [-0.15, -0.1) is 12.1 Å². The zero-order valence-electron chi connectivity index (χ0n) is 7.52. The van der Waals surface area contributed by atoms with Crippen LogP contribution in [0.1, 0.15) is 40.5 Å². The second kappa shape index (κ2) is 7.78. The third-order valence-corrected chi connectivity index (χ3v) is 1.69. The SMILES string of the molecule is CCC(C)[N-]C(C)CC.[Ti]. The standard InChI is InChI=1S/C8H18N.Ti/c1-5-7(3)9-8(4)6-2;/h7-8H,5-6H2,1-4H3;/q-1;. The summed E-state index contributed by atoms with van der Waals surface area (Å²) in [4.78, 5) is 0. The molecule has 2 heteroatoms. The summed E-state index contributed by atoms with van der Waals surface area (Å²) < 4.78 is 0. The number of nitrogens with zero attached hydrogens (tertiary/aromatic N) is 1. The molecule has 0 aromatic rings. The van der Waals surface area contributed by atoms with E-state index < -0.39 is 0 Å². The normalized spacial score (nSPS) is 15.6. The van der Waals surface area contributed by atoms with Gasteiger partial charge in [0.15, 0.2) is 0 Å². The first-order chi connectivity index (χ1) is 4.20. The molecule has 0 aliphatic carbocycles. The Morgan fingerprint density at radius 1 is 1.00 bits per heavy atom. The van der Waals surface area contributed by atoms with Crippen molar-refractivity contribution in [3.8, 4) is 0 Å². The molecule has 0 aliphatic rings. The van der Waals surface area contributed by atoms with Crippen molar-refractivity contribution in [1.82, 2.24) is 0 Å². The largest absolute Gasteiger partial charge is 0.657 e. The maximum atomic E-state index is 4.51. The van der Waals surface area contributed by atoms with E-state index in [0.29, 0.717) is 12.1 Å². The minimum atomic E-state index is 0. The molecule has 1 nitrogen and oxygen atoms in total. The van der Waals surface area contributed by atoms with E-state index in [-0.39, 0.29) is 21.7 Å². The first-order valence-corrected chi connectivity index (χ1v) is 3.90. The predicted molar refractivity (Wildman–Crippen MR) is 42.9 cm³/mol. The minimum absolute atomic E-state index is 0. The molecule has 0 aromatic carbocycles. The van der Waals surface area contributed by atoms with Gasteiger partial charge in [-0.3, -0.25) is 0 Å². The number of hydrogen-bond donors (Lipinski definition) is 0. The van der Waals surface area contributed by atoms with Gasteiger partial charge in [0.05, 0.1) is 0 Å². The molecular weight excluding hydrogens is 158 g/mol. The summed E-state index contributed by atoms with van der Waals surface area (Å²) in [5.74, 6) is 0. The smallest absolute Gasteiger partial charge is 0 e. The van der Waals surface area contributed by atoms with Gasteiger partial charge in [-0.2, -0.15) is 0 Å². The van der Waals surface area contributed by atoms with Crippen molar-refractivity contribution in [2.75, 3.05) is 0 Å². The van der Waals surface area contributed by atoms with Crippen LogP contribution in [0.3, 0.4) is 0 Å². The van der Waals surface area contributed by atoms with Crippen LogP contribution in [0, 0.1) is 0 Å². The van der Waals surface area contributed by atoms with Crippen LogP contribution in [0.15, 0.2) is 0 Å². The van der Waals surface area contributed by atoms with Gasteiger partial charge in [0.1, 0.15) is 0 Å². The number of rotatable bonds is 4.